The van der Waals surface area contributed by atoms with Crippen LogP contribution < -0.4 is 5.32 Å². The van der Waals surface area contributed by atoms with E-state index in [0.717, 1.165) is 28.9 Å². The van der Waals surface area contributed by atoms with Crippen molar-refractivity contribution in [2.24, 2.45) is 7.05 Å². The molecule has 28 heavy (non-hydrogen) atoms. The fourth-order valence-corrected chi connectivity index (χ4v) is 3.58. The summed E-state index contributed by atoms with van der Waals surface area (Å²) >= 11 is 0. The van der Waals surface area contributed by atoms with Crippen LogP contribution in [-0.2, 0) is 26.6 Å². The van der Waals surface area contributed by atoms with Crippen molar-refractivity contribution < 1.29 is 4.79 Å². The molecular weight excluding hydrogens is 352 g/mol. The smallest absolute Gasteiger partial charge is 0.254 e. The Morgan fingerprint density at radius 2 is 1.96 bits per heavy atom. The average molecular weight is 376 g/mol. The number of carbonyl (C=O) groups excluding carboxylic acids is 1. The Bertz CT molecular complexity index is 1010. The van der Waals surface area contributed by atoms with E-state index in [1.54, 1.807) is 18.5 Å². The van der Waals surface area contributed by atoms with Crippen LogP contribution in [0.1, 0.15) is 38.4 Å². The Hall–Kier alpha value is -3.22. The summed E-state index contributed by atoms with van der Waals surface area (Å²) < 4.78 is 1.89. The molecule has 2 aromatic heterocycles. The van der Waals surface area contributed by atoms with Crippen molar-refractivity contribution in [1.82, 2.24) is 24.6 Å². The van der Waals surface area contributed by atoms with Gasteiger partial charge in [-0.15, -0.1) is 0 Å². The van der Waals surface area contributed by atoms with Crippen molar-refractivity contribution >= 4 is 11.9 Å². The van der Waals surface area contributed by atoms with Crippen molar-refractivity contribution in [2.75, 3.05) is 11.9 Å². The highest BCUT2D eigenvalue weighted by atomic mass is 16.2. The Labute approximate surface area is 164 Å². The predicted octanol–water partition coefficient (Wildman–Crippen LogP) is 2.64. The van der Waals surface area contributed by atoms with Crippen LogP contribution in [0.4, 0.5) is 5.95 Å². The van der Waals surface area contributed by atoms with Crippen molar-refractivity contribution in [2.45, 2.75) is 33.4 Å². The lowest BCUT2D eigenvalue weighted by molar-refractivity contribution is 0.0730. The lowest BCUT2D eigenvalue weighted by Gasteiger charge is -2.28. The van der Waals surface area contributed by atoms with Gasteiger partial charge < -0.3 is 10.2 Å². The number of fused-ring (bicyclic) bond motifs is 1. The third kappa shape index (κ3) is 3.47. The Morgan fingerprint density at radius 3 is 2.71 bits per heavy atom. The third-order valence-electron chi connectivity index (χ3n) is 5.35. The molecule has 0 unspecified atom stereocenters. The number of anilines is 1. The second-order valence-electron chi connectivity index (χ2n) is 7.20. The van der Waals surface area contributed by atoms with Crippen LogP contribution in [0.2, 0.25) is 0 Å². The van der Waals surface area contributed by atoms with Crippen LogP contribution in [0.15, 0.2) is 36.7 Å². The van der Waals surface area contributed by atoms with E-state index < -0.39 is 0 Å². The highest BCUT2D eigenvalue weighted by Crippen LogP contribution is 2.24. The SMILES string of the molecule is Cc1ccc(C(=O)N2CCc3c(CNc4ncccn4)nn(C)c3C2)cc1C. The zero-order chi connectivity index (χ0) is 19.7. The molecule has 1 N–H and O–H groups in total. The van der Waals surface area contributed by atoms with E-state index in [-0.39, 0.29) is 5.91 Å². The van der Waals surface area contributed by atoms with E-state index in [9.17, 15) is 4.79 Å². The fraction of sp³-hybridized carbons (Fsp3) is 0.333. The minimum absolute atomic E-state index is 0.0762. The number of rotatable bonds is 4. The molecule has 144 valence electrons. The minimum Gasteiger partial charge on any atom is -0.348 e. The first-order valence-corrected chi connectivity index (χ1v) is 9.44. The molecule has 1 aliphatic rings. The monoisotopic (exact) mass is 376 g/mol. The molecule has 4 rings (SSSR count). The van der Waals surface area contributed by atoms with E-state index >= 15 is 0 Å². The summed E-state index contributed by atoms with van der Waals surface area (Å²) in [6.45, 7) is 5.93. The summed E-state index contributed by atoms with van der Waals surface area (Å²) in [5.74, 6) is 0.663. The summed E-state index contributed by atoms with van der Waals surface area (Å²) in [5.41, 5.74) is 6.38. The van der Waals surface area contributed by atoms with Gasteiger partial charge in [0.1, 0.15) is 0 Å². The van der Waals surface area contributed by atoms with Gasteiger partial charge in [-0.05, 0) is 49.6 Å². The number of nitrogens with zero attached hydrogens (tertiary/aromatic N) is 5. The van der Waals surface area contributed by atoms with Crippen LogP contribution in [0, 0.1) is 13.8 Å². The average Bonchev–Trinajstić information content (AvgIpc) is 3.04. The zero-order valence-electron chi connectivity index (χ0n) is 16.4. The minimum atomic E-state index is 0.0762. The number of hydrogen-bond donors (Lipinski definition) is 1. The van der Waals surface area contributed by atoms with Gasteiger partial charge in [0.15, 0.2) is 0 Å². The third-order valence-corrected chi connectivity index (χ3v) is 5.35. The molecule has 0 bridgehead atoms. The molecule has 1 aromatic carbocycles. The lowest BCUT2D eigenvalue weighted by atomic mass is 10.0. The highest BCUT2D eigenvalue weighted by Gasteiger charge is 2.27. The van der Waals surface area contributed by atoms with E-state index in [1.807, 2.05) is 41.8 Å². The van der Waals surface area contributed by atoms with Crippen molar-refractivity contribution in [3.63, 3.8) is 0 Å². The van der Waals surface area contributed by atoms with Gasteiger partial charge in [0.2, 0.25) is 5.95 Å². The number of aromatic nitrogens is 4. The standard InChI is InChI=1S/C21H24N6O/c1-14-5-6-16(11-15(14)2)20(28)27-10-7-17-18(25-26(3)19(17)13-27)12-24-21-22-8-4-9-23-21/h4-6,8-9,11H,7,10,12-13H2,1-3H3,(H,22,23,24). The Kier molecular flexibility index (Phi) is 4.81. The Balaban J connectivity index is 1.50. The molecule has 0 spiro atoms. The first-order chi connectivity index (χ1) is 13.5. The zero-order valence-corrected chi connectivity index (χ0v) is 16.4. The quantitative estimate of drug-likeness (QED) is 0.758. The molecule has 3 aromatic rings. The molecular formula is C21H24N6O. The molecule has 3 heterocycles. The first-order valence-electron chi connectivity index (χ1n) is 9.44. The number of nitrogens with one attached hydrogen (secondary N) is 1. The second-order valence-corrected chi connectivity index (χ2v) is 7.20. The molecule has 1 amide bonds. The molecule has 1 aliphatic heterocycles. The van der Waals surface area contributed by atoms with Gasteiger partial charge in [-0.3, -0.25) is 9.48 Å². The topological polar surface area (TPSA) is 75.9 Å². The van der Waals surface area contributed by atoms with Crippen LogP contribution in [0.3, 0.4) is 0 Å². The second kappa shape index (κ2) is 7.42. The molecule has 0 saturated carbocycles. The van der Waals surface area contributed by atoms with Crippen molar-refractivity contribution in [3.8, 4) is 0 Å². The highest BCUT2D eigenvalue weighted by molar-refractivity contribution is 5.94. The van der Waals surface area contributed by atoms with Crippen molar-refractivity contribution in [1.29, 1.82) is 0 Å². The van der Waals surface area contributed by atoms with E-state index in [0.29, 0.717) is 25.6 Å². The number of benzene rings is 1. The van der Waals surface area contributed by atoms with E-state index in [1.165, 1.54) is 11.1 Å². The molecule has 0 radical (unpaired) electrons. The number of aryl methyl sites for hydroxylation is 3. The fourth-order valence-electron chi connectivity index (χ4n) is 3.58. The first kappa shape index (κ1) is 18.2. The molecule has 0 fully saturated rings. The van der Waals surface area contributed by atoms with Gasteiger partial charge in [0.05, 0.1) is 24.5 Å². The summed E-state index contributed by atoms with van der Waals surface area (Å²) in [6, 6.07) is 7.69. The summed E-state index contributed by atoms with van der Waals surface area (Å²) in [5, 5.41) is 7.88. The maximum absolute atomic E-state index is 13.0. The van der Waals surface area contributed by atoms with Gasteiger partial charge >= 0.3 is 0 Å². The Morgan fingerprint density at radius 1 is 1.18 bits per heavy atom. The summed E-state index contributed by atoms with van der Waals surface area (Å²) in [7, 11) is 1.94. The number of carbonyl (C=O) groups is 1. The van der Waals surface area contributed by atoms with Crippen LogP contribution in [0.25, 0.3) is 0 Å². The molecule has 0 aliphatic carbocycles. The number of hydrogen-bond acceptors (Lipinski definition) is 5. The van der Waals surface area contributed by atoms with Gasteiger partial charge in [-0.25, -0.2) is 9.97 Å². The summed E-state index contributed by atoms with van der Waals surface area (Å²) in [4.78, 5) is 23.2. The maximum atomic E-state index is 13.0. The largest absolute Gasteiger partial charge is 0.348 e. The lowest BCUT2D eigenvalue weighted by Crippen LogP contribution is -2.36. The maximum Gasteiger partial charge on any atom is 0.254 e. The van der Waals surface area contributed by atoms with Crippen LogP contribution in [0.5, 0.6) is 0 Å². The van der Waals surface area contributed by atoms with Crippen LogP contribution >= 0.6 is 0 Å². The van der Waals surface area contributed by atoms with Gasteiger partial charge in [-0.2, -0.15) is 5.10 Å². The number of amides is 1. The molecule has 0 saturated heterocycles. The molecule has 7 nitrogen and oxygen atoms in total. The van der Waals surface area contributed by atoms with E-state index in [4.69, 9.17) is 0 Å². The van der Waals surface area contributed by atoms with Gasteiger partial charge in [0.25, 0.3) is 5.91 Å². The van der Waals surface area contributed by atoms with Crippen LogP contribution in [-0.4, -0.2) is 37.1 Å². The predicted molar refractivity (Wildman–Crippen MR) is 107 cm³/mol. The summed E-state index contributed by atoms with van der Waals surface area (Å²) in [6.07, 6.45) is 4.21. The van der Waals surface area contributed by atoms with Crippen molar-refractivity contribution in [3.05, 3.63) is 70.3 Å². The van der Waals surface area contributed by atoms with Gasteiger partial charge in [0, 0.05) is 37.1 Å². The molecule has 7 heteroatoms. The van der Waals surface area contributed by atoms with E-state index in [2.05, 4.69) is 27.3 Å². The molecule has 0 atom stereocenters. The normalized spacial score (nSPS) is 13.3. The van der Waals surface area contributed by atoms with Gasteiger partial charge in [-0.1, -0.05) is 6.07 Å².